The van der Waals surface area contributed by atoms with E-state index in [-0.39, 0.29) is 5.60 Å². The Kier molecular flexibility index (Phi) is 3.53. The van der Waals surface area contributed by atoms with Gasteiger partial charge in [0.2, 0.25) is 0 Å². The van der Waals surface area contributed by atoms with E-state index < -0.39 is 0 Å². The summed E-state index contributed by atoms with van der Waals surface area (Å²) in [7, 11) is 0. The molecule has 0 aliphatic carbocycles. The maximum absolute atomic E-state index is 5.73. The molecule has 1 aliphatic rings. The second-order valence-corrected chi connectivity index (χ2v) is 4.08. The molecule has 12 heavy (non-hydrogen) atoms. The fourth-order valence-corrected chi connectivity index (χ4v) is 1.94. The van der Waals surface area contributed by atoms with Crippen molar-refractivity contribution in [1.82, 2.24) is 5.32 Å². The Bertz CT molecular complexity index is 128. The van der Waals surface area contributed by atoms with E-state index in [0.29, 0.717) is 5.92 Å². The normalized spacial score (nSPS) is 25.8. The molecule has 1 aliphatic heterocycles. The number of piperidine rings is 1. The molecule has 72 valence electrons. The summed E-state index contributed by atoms with van der Waals surface area (Å²) in [4.78, 5) is 0. The number of hydrogen-bond acceptors (Lipinski definition) is 2. The Morgan fingerprint density at radius 3 is 2.75 bits per heavy atom. The van der Waals surface area contributed by atoms with Crippen LogP contribution < -0.4 is 5.32 Å². The summed E-state index contributed by atoms with van der Waals surface area (Å²) in [6.07, 6.45) is 2.60. The fraction of sp³-hybridized carbons (Fsp3) is 1.00. The van der Waals surface area contributed by atoms with Crippen molar-refractivity contribution in [3.63, 3.8) is 0 Å². The Morgan fingerprint density at radius 2 is 2.25 bits per heavy atom. The third-order valence-electron chi connectivity index (χ3n) is 2.80. The van der Waals surface area contributed by atoms with Gasteiger partial charge in [-0.15, -0.1) is 0 Å². The van der Waals surface area contributed by atoms with Crippen LogP contribution >= 0.6 is 0 Å². The van der Waals surface area contributed by atoms with E-state index in [0.717, 1.165) is 13.2 Å². The topological polar surface area (TPSA) is 21.3 Å². The molecule has 1 heterocycles. The van der Waals surface area contributed by atoms with Crippen LogP contribution in [0, 0.1) is 5.92 Å². The van der Waals surface area contributed by atoms with Crippen LogP contribution in [0.15, 0.2) is 0 Å². The van der Waals surface area contributed by atoms with Gasteiger partial charge in [0.15, 0.2) is 0 Å². The van der Waals surface area contributed by atoms with Crippen molar-refractivity contribution in [3.8, 4) is 0 Å². The lowest BCUT2D eigenvalue weighted by molar-refractivity contribution is -0.0602. The van der Waals surface area contributed by atoms with Crippen molar-refractivity contribution in [2.24, 2.45) is 5.92 Å². The maximum Gasteiger partial charge on any atom is 0.0666 e. The first-order valence-electron chi connectivity index (χ1n) is 5.01. The molecule has 0 amide bonds. The van der Waals surface area contributed by atoms with Crippen LogP contribution in [-0.2, 0) is 4.74 Å². The third-order valence-corrected chi connectivity index (χ3v) is 2.80. The molecule has 0 spiro atoms. The van der Waals surface area contributed by atoms with Gasteiger partial charge in [-0.05, 0) is 46.1 Å². The molecule has 1 atom stereocenters. The van der Waals surface area contributed by atoms with Crippen LogP contribution in [0.4, 0.5) is 0 Å². The molecule has 1 saturated heterocycles. The summed E-state index contributed by atoms with van der Waals surface area (Å²) < 4.78 is 5.73. The van der Waals surface area contributed by atoms with Gasteiger partial charge >= 0.3 is 0 Å². The minimum absolute atomic E-state index is 0.0577. The number of hydrogen-bond donors (Lipinski definition) is 1. The molecule has 2 heteroatoms. The van der Waals surface area contributed by atoms with Gasteiger partial charge in [-0.2, -0.15) is 0 Å². The molecule has 0 bridgehead atoms. The summed E-state index contributed by atoms with van der Waals surface area (Å²) in [5.41, 5.74) is 0.0577. The molecule has 1 N–H and O–H groups in total. The Balaban J connectivity index is 2.41. The summed E-state index contributed by atoms with van der Waals surface area (Å²) in [5, 5.41) is 3.42. The van der Waals surface area contributed by atoms with E-state index in [9.17, 15) is 0 Å². The lowest BCUT2D eigenvalue weighted by Gasteiger charge is -2.36. The molecule has 0 aromatic rings. The third kappa shape index (κ3) is 2.46. The summed E-state index contributed by atoms with van der Waals surface area (Å²) in [6.45, 7) is 9.59. The van der Waals surface area contributed by atoms with Gasteiger partial charge < -0.3 is 10.1 Å². The first kappa shape index (κ1) is 10.0. The lowest BCUT2D eigenvalue weighted by Crippen LogP contribution is -2.44. The fourth-order valence-electron chi connectivity index (χ4n) is 1.94. The van der Waals surface area contributed by atoms with E-state index in [1.165, 1.54) is 19.4 Å². The second-order valence-electron chi connectivity index (χ2n) is 4.08. The van der Waals surface area contributed by atoms with Crippen molar-refractivity contribution < 1.29 is 4.74 Å². The number of nitrogens with one attached hydrogen (secondary N) is 1. The predicted molar refractivity (Wildman–Crippen MR) is 51.3 cm³/mol. The molecular formula is C10H21NO. The monoisotopic (exact) mass is 171 g/mol. The molecule has 1 unspecified atom stereocenters. The highest BCUT2D eigenvalue weighted by molar-refractivity contribution is 4.83. The highest BCUT2D eigenvalue weighted by Gasteiger charge is 2.30. The minimum Gasteiger partial charge on any atom is -0.376 e. The van der Waals surface area contributed by atoms with Crippen molar-refractivity contribution in [3.05, 3.63) is 0 Å². The maximum atomic E-state index is 5.73. The molecule has 0 aromatic carbocycles. The zero-order valence-electron chi connectivity index (χ0n) is 8.52. The van der Waals surface area contributed by atoms with Gasteiger partial charge in [-0.25, -0.2) is 0 Å². The Morgan fingerprint density at radius 1 is 1.50 bits per heavy atom. The van der Waals surface area contributed by atoms with Crippen LogP contribution in [0.25, 0.3) is 0 Å². The molecule has 0 radical (unpaired) electrons. The van der Waals surface area contributed by atoms with Crippen LogP contribution in [0.1, 0.15) is 33.6 Å². The lowest BCUT2D eigenvalue weighted by atomic mass is 9.85. The van der Waals surface area contributed by atoms with E-state index in [1.807, 2.05) is 0 Å². The summed E-state index contributed by atoms with van der Waals surface area (Å²) >= 11 is 0. The standard InChI is InChI=1S/C10H21NO/c1-4-12-10(2,3)9-6-5-7-11-8-9/h9,11H,4-8H2,1-3H3. The molecule has 0 saturated carbocycles. The molecular weight excluding hydrogens is 150 g/mol. The minimum atomic E-state index is 0.0577. The molecule has 1 fully saturated rings. The van der Waals surface area contributed by atoms with Gasteiger partial charge in [0.1, 0.15) is 0 Å². The van der Waals surface area contributed by atoms with E-state index >= 15 is 0 Å². The molecule has 0 aromatic heterocycles. The van der Waals surface area contributed by atoms with Gasteiger partial charge in [0, 0.05) is 13.2 Å². The highest BCUT2D eigenvalue weighted by Crippen LogP contribution is 2.26. The van der Waals surface area contributed by atoms with E-state index in [2.05, 4.69) is 26.1 Å². The van der Waals surface area contributed by atoms with Gasteiger partial charge in [0.05, 0.1) is 5.60 Å². The predicted octanol–water partition coefficient (Wildman–Crippen LogP) is 1.80. The second kappa shape index (κ2) is 4.24. The summed E-state index contributed by atoms with van der Waals surface area (Å²) in [6, 6.07) is 0. The van der Waals surface area contributed by atoms with Crippen LogP contribution in [-0.4, -0.2) is 25.3 Å². The molecule has 1 rings (SSSR count). The quantitative estimate of drug-likeness (QED) is 0.699. The van der Waals surface area contributed by atoms with E-state index in [4.69, 9.17) is 4.74 Å². The van der Waals surface area contributed by atoms with Crippen molar-refractivity contribution in [1.29, 1.82) is 0 Å². The zero-order chi connectivity index (χ0) is 9.03. The highest BCUT2D eigenvalue weighted by atomic mass is 16.5. The Hall–Kier alpha value is -0.0800. The van der Waals surface area contributed by atoms with Gasteiger partial charge in [-0.1, -0.05) is 0 Å². The van der Waals surface area contributed by atoms with Crippen LogP contribution in [0.5, 0.6) is 0 Å². The first-order valence-corrected chi connectivity index (χ1v) is 5.01. The van der Waals surface area contributed by atoms with Crippen molar-refractivity contribution >= 4 is 0 Å². The summed E-state index contributed by atoms with van der Waals surface area (Å²) in [5.74, 6) is 0.686. The van der Waals surface area contributed by atoms with Crippen LogP contribution in [0.2, 0.25) is 0 Å². The largest absolute Gasteiger partial charge is 0.376 e. The number of rotatable bonds is 3. The first-order chi connectivity index (χ1) is 5.67. The Labute approximate surface area is 75.7 Å². The SMILES string of the molecule is CCOC(C)(C)C1CCCNC1. The van der Waals surface area contributed by atoms with E-state index in [1.54, 1.807) is 0 Å². The van der Waals surface area contributed by atoms with Crippen molar-refractivity contribution in [2.75, 3.05) is 19.7 Å². The number of ether oxygens (including phenoxy) is 1. The smallest absolute Gasteiger partial charge is 0.0666 e. The van der Waals surface area contributed by atoms with Gasteiger partial charge in [-0.3, -0.25) is 0 Å². The van der Waals surface area contributed by atoms with Crippen molar-refractivity contribution in [2.45, 2.75) is 39.2 Å². The average molecular weight is 171 g/mol. The zero-order valence-corrected chi connectivity index (χ0v) is 8.52. The average Bonchev–Trinajstić information content (AvgIpc) is 2.06. The molecule has 2 nitrogen and oxygen atoms in total. The van der Waals surface area contributed by atoms with Gasteiger partial charge in [0.25, 0.3) is 0 Å². The van der Waals surface area contributed by atoms with Crippen LogP contribution in [0.3, 0.4) is 0 Å².